The molecule has 0 unspecified atom stereocenters. The van der Waals surface area contributed by atoms with Crippen molar-refractivity contribution in [2.75, 3.05) is 48.5 Å². The number of nitrogens with zero attached hydrogens (tertiary/aromatic N) is 3. The molecular weight excluding hydrogens is 366 g/mol. The van der Waals surface area contributed by atoms with Gasteiger partial charge in [-0.2, -0.15) is 5.10 Å². The smallest absolute Gasteiger partial charge is 0.271 e. The molecule has 2 N–H and O–H groups in total. The minimum absolute atomic E-state index is 0.105. The van der Waals surface area contributed by atoms with Gasteiger partial charge in [-0.25, -0.2) is 5.01 Å². The number of piperazine rings is 1. The van der Waals surface area contributed by atoms with Crippen LogP contribution in [-0.2, 0) is 9.59 Å². The number of carbonyl (C=O) groups excluding carboxylic acids is 2. The van der Waals surface area contributed by atoms with E-state index in [0.29, 0.717) is 17.8 Å². The third-order valence-electron chi connectivity index (χ3n) is 5.40. The Labute approximate surface area is 170 Å². The Kier molecular flexibility index (Phi) is 5.57. The van der Waals surface area contributed by atoms with Gasteiger partial charge in [0.15, 0.2) is 0 Å². The summed E-state index contributed by atoms with van der Waals surface area (Å²) < 4.78 is 0. The van der Waals surface area contributed by atoms with Crippen molar-refractivity contribution in [1.29, 1.82) is 0 Å². The van der Waals surface area contributed by atoms with Crippen molar-refractivity contribution < 1.29 is 14.5 Å². The number of nitrogens with one attached hydrogen (secondary N) is 2. The van der Waals surface area contributed by atoms with Crippen LogP contribution in [0.2, 0.25) is 0 Å². The van der Waals surface area contributed by atoms with Gasteiger partial charge >= 0.3 is 0 Å². The van der Waals surface area contributed by atoms with Crippen molar-refractivity contribution in [1.82, 2.24) is 0 Å². The summed E-state index contributed by atoms with van der Waals surface area (Å²) in [4.78, 5) is 28.8. The van der Waals surface area contributed by atoms with Crippen LogP contribution in [0.4, 0.5) is 17.1 Å². The summed E-state index contributed by atoms with van der Waals surface area (Å²) in [6, 6.07) is 17.1. The first-order valence-electron chi connectivity index (χ1n) is 10.0. The van der Waals surface area contributed by atoms with Gasteiger partial charge in [0, 0.05) is 24.2 Å². The molecular formula is C22H26N5O2+. The maximum Gasteiger partial charge on any atom is 0.271 e. The Morgan fingerprint density at radius 3 is 2.34 bits per heavy atom. The highest BCUT2D eigenvalue weighted by Crippen LogP contribution is 2.21. The quantitative estimate of drug-likeness (QED) is 0.820. The van der Waals surface area contributed by atoms with E-state index in [1.807, 2.05) is 42.5 Å². The molecule has 4 rings (SSSR count). The Balaban J connectivity index is 1.43. The zero-order valence-electron chi connectivity index (χ0n) is 16.6. The summed E-state index contributed by atoms with van der Waals surface area (Å²) in [5.41, 5.74) is 2.93. The molecule has 2 aromatic carbocycles. The lowest BCUT2D eigenvalue weighted by Gasteiger charge is -2.31. The molecule has 0 saturated carbocycles. The summed E-state index contributed by atoms with van der Waals surface area (Å²) in [7, 11) is 2.22. The summed E-state index contributed by atoms with van der Waals surface area (Å²) >= 11 is 0. The lowest BCUT2D eigenvalue weighted by molar-refractivity contribution is -0.880. The van der Waals surface area contributed by atoms with Gasteiger partial charge < -0.3 is 15.1 Å². The molecule has 7 heteroatoms. The number of para-hydroxylation sites is 1. The molecule has 2 heterocycles. The molecule has 2 aliphatic rings. The van der Waals surface area contributed by atoms with Crippen molar-refractivity contribution in [3.8, 4) is 0 Å². The van der Waals surface area contributed by atoms with Gasteiger partial charge in [0.25, 0.3) is 5.91 Å². The SMILES string of the molecule is C[NH+]1CCN(c2ccc(NC(=O)C3=NN(c4ccccc4)C(=O)CC3)cc2)CC1. The molecule has 0 aromatic heterocycles. The zero-order chi connectivity index (χ0) is 20.2. The van der Waals surface area contributed by atoms with Crippen LogP contribution in [0.3, 0.4) is 0 Å². The molecule has 0 aliphatic carbocycles. The third kappa shape index (κ3) is 4.46. The molecule has 2 aromatic rings. The number of hydrazone groups is 1. The molecule has 1 saturated heterocycles. The van der Waals surface area contributed by atoms with Gasteiger partial charge in [0.05, 0.1) is 38.9 Å². The minimum Gasteiger partial charge on any atom is -0.360 e. The van der Waals surface area contributed by atoms with Gasteiger partial charge in [-0.3, -0.25) is 9.59 Å². The maximum absolute atomic E-state index is 12.7. The molecule has 2 aliphatic heterocycles. The lowest BCUT2D eigenvalue weighted by Crippen LogP contribution is -3.12. The average Bonchev–Trinajstić information content (AvgIpc) is 2.76. The van der Waals surface area contributed by atoms with Gasteiger partial charge in [-0.05, 0) is 36.4 Å². The van der Waals surface area contributed by atoms with E-state index in [-0.39, 0.29) is 18.2 Å². The highest BCUT2D eigenvalue weighted by Gasteiger charge is 2.25. The van der Waals surface area contributed by atoms with E-state index < -0.39 is 0 Å². The summed E-state index contributed by atoms with van der Waals surface area (Å²) in [5.74, 6) is -0.375. The van der Waals surface area contributed by atoms with Crippen LogP contribution in [0, 0.1) is 0 Å². The Morgan fingerprint density at radius 1 is 0.966 bits per heavy atom. The fourth-order valence-corrected chi connectivity index (χ4v) is 3.59. The van der Waals surface area contributed by atoms with E-state index >= 15 is 0 Å². The molecule has 0 bridgehead atoms. The van der Waals surface area contributed by atoms with E-state index in [2.05, 4.69) is 22.4 Å². The fourth-order valence-electron chi connectivity index (χ4n) is 3.59. The largest absolute Gasteiger partial charge is 0.360 e. The number of hydrogen-bond donors (Lipinski definition) is 2. The van der Waals surface area contributed by atoms with Crippen molar-refractivity contribution in [3.05, 3.63) is 54.6 Å². The summed E-state index contributed by atoms with van der Waals surface area (Å²) in [6.45, 7) is 4.35. The van der Waals surface area contributed by atoms with Crippen molar-refractivity contribution in [2.24, 2.45) is 5.10 Å². The number of quaternary nitrogens is 1. The van der Waals surface area contributed by atoms with Crippen LogP contribution >= 0.6 is 0 Å². The molecule has 7 nitrogen and oxygen atoms in total. The topological polar surface area (TPSA) is 69.5 Å². The molecule has 2 amide bonds. The van der Waals surface area contributed by atoms with E-state index in [4.69, 9.17) is 0 Å². The number of benzene rings is 2. The van der Waals surface area contributed by atoms with Crippen molar-refractivity contribution >= 4 is 34.6 Å². The first-order valence-corrected chi connectivity index (χ1v) is 10.0. The first kappa shape index (κ1) is 19.1. The van der Waals surface area contributed by atoms with Crippen LogP contribution in [0.5, 0.6) is 0 Å². The number of anilines is 3. The second kappa shape index (κ2) is 8.45. The number of amides is 2. The zero-order valence-corrected chi connectivity index (χ0v) is 16.6. The highest BCUT2D eigenvalue weighted by atomic mass is 16.2. The highest BCUT2D eigenvalue weighted by molar-refractivity contribution is 6.44. The number of likely N-dealkylation sites (N-methyl/N-ethyl adjacent to an activating group) is 1. The van der Waals surface area contributed by atoms with Gasteiger partial charge in [-0.15, -0.1) is 0 Å². The minimum atomic E-state index is -0.269. The maximum atomic E-state index is 12.7. The molecule has 0 spiro atoms. The normalized spacial score (nSPS) is 17.8. The van der Waals surface area contributed by atoms with Crippen LogP contribution in [0.1, 0.15) is 12.8 Å². The van der Waals surface area contributed by atoms with Crippen molar-refractivity contribution in [2.45, 2.75) is 12.8 Å². The fraction of sp³-hybridized carbons (Fsp3) is 0.318. The molecule has 1 fully saturated rings. The van der Waals surface area contributed by atoms with Gasteiger partial charge in [0.2, 0.25) is 5.91 Å². The van der Waals surface area contributed by atoms with Crippen LogP contribution in [0.15, 0.2) is 59.7 Å². The average molecular weight is 392 g/mol. The Morgan fingerprint density at radius 2 is 1.66 bits per heavy atom. The van der Waals surface area contributed by atoms with E-state index in [9.17, 15) is 9.59 Å². The number of rotatable bonds is 4. The third-order valence-corrected chi connectivity index (χ3v) is 5.40. The van der Waals surface area contributed by atoms with Crippen molar-refractivity contribution in [3.63, 3.8) is 0 Å². The predicted octanol–water partition coefficient (Wildman–Crippen LogP) is 1.14. The molecule has 29 heavy (non-hydrogen) atoms. The second-order valence-corrected chi connectivity index (χ2v) is 7.53. The molecule has 150 valence electrons. The summed E-state index contributed by atoms with van der Waals surface area (Å²) in [6.07, 6.45) is 0.612. The van der Waals surface area contributed by atoms with Crippen LogP contribution in [0.25, 0.3) is 0 Å². The van der Waals surface area contributed by atoms with Crippen LogP contribution in [-0.4, -0.2) is 50.8 Å². The van der Waals surface area contributed by atoms with E-state index in [0.717, 1.165) is 31.9 Å². The molecule has 0 radical (unpaired) electrons. The van der Waals surface area contributed by atoms with Gasteiger partial charge in [-0.1, -0.05) is 18.2 Å². The lowest BCUT2D eigenvalue weighted by atomic mass is 10.1. The van der Waals surface area contributed by atoms with E-state index in [1.54, 1.807) is 17.0 Å². The standard InChI is InChI=1S/C22H25N5O2/c1-25-13-15-26(16-14-25)18-9-7-17(8-10-18)23-22(29)20-11-12-21(28)27(24-20)19-5-3-2-4-6-19/h2-10H,11-16H2,1H3,(H,23,29)/p+1. The summed E-state index contributed by atoms with van der Waals surface area (Å²) in [5, 5.41) is 8.53. The monoisotopic (exact) mass is 392 g/mol. The predicted molar refractivity (Wildman–Crippen MR) is 115 cm³/mol. The van der Waals surface area contributed by atoms with Crippen LogP contribution < -0.4 is 20.1 Å². The number of carbonyl (C=O) groups is 2. The Hall–Kier alpha value is -3.19. The Bertz CT molecular complexity index is 903. The second-order valence-electron chi connectivity index (χ2n) is 7.53. The molecule has 0 atom stereocenters. The van der Waals surface area contributed by atoms with Gasteiger partial charge in [0.1, 0.15) is 5.71 Å². The first-order chi connectivity index (χ1) is 14.1. The number of hydrogen-bond acceptors (Lipinski definition) is 4. The van der Waals surface area contributed by atoms with E-state index in [1.165, 1.54) is 10.7 Å².